The van der Waals surface area contributed by atoms with Gasteiger partial charge in [-0.25, -0.2) is 0 Å². The molecule has 1 aliphatic heterocycles. The number of terminal acetylenes is 1. The van der Waals surface area contributed by atoms with Crippen molar-refractivity contribution in [3.05, 3.63) is 41.0 Å². The Balaban J connectivity index is 2.08. The molecular weight excluding hydrogens is 284 g/mol. The largest absolute Gasteiger partial charge is 0.342 e. The van der Waals surface area contributed by atoms with Crippen LogP contribution in [0.5, 0.6) is 0 Å². The Labute approximate surface area is 136 Å². The summed E-state index contributed by atoms with van der Waals surface area (Å²) < 4.78 is 0. The molecule has 0 aromatic heterocycles. The van der Waals surface area contributed by atoms with Gasteiger partial charge >= 0.3 is 0 Å². The summed E-state index contributed by atoms with van der Waals surface area (Å²) in [5.41, 5.74) is 4.80. The molecule has 1 aromatic carbocycles. The third-order valence-electron chi connectivity index (χ3n) is 4.03. The number of anilines is 1. The number of benzene rings is 1. The topological polar surface area (TPSA) is 60.5 Å². The SMILES string of the molecule is C#CCN=C1CN=C(C2=CCCCC2)c2cc(C#N)ccc2N1. The van der Waals surface area contributed by atoms with Crippen LogP contribution >= 0.6 is 0 Å². The van der Waals surface area contributed by atoms with Gasteiger partial charge < -0.3 is 5.32 Å². The maximum atomic E-state index is 9.20. The van der Waals surface area contributed by atoms with E-state index in [1.54, 1.807) is 0 Å². The van der Waals surface area contributed by atoms with Crippen molar-refractivity contribution in [2.75, 3.05) is 18.4 Å². The maximum Gasteiger partial charge on any atom is 0.124 e. The molecule has 0 bridgehead atoms. The molecule has 1 aromatic rings. The van der Waals surface area contributed by atoms with Crippen molar-refractivity contribution in [1.29, 1.82) is 5.26 Å². The van der Waals surface area contributed by atoms with Crippen molar-refractivity contribution in [2.24, 2.45) is 9.98 Å². The lowest BCUT2D eigenvalue weighted by atomic mass is 9.91. The number of rotatable bonds is 2. The predicted molar refractivity (Wildman–Crippen MR) is 93.9 cm³/mol. The van der Waals surface area contributed by atoms with E-state index >= 15 is 0 Å². The van der Waals surface area contributed by atoms with E-state index in [1.807, 2.05) is 18.2 Å². The number of fused-ring (bicyclic) bond motifs is 1. The Morgan fingerprint density at radius 3 is 3.00 bits per heavy atom. The molecule has 0 fully saturated rings. The molecule has 1 aliphatic carbocycles. The summed E-state index contributed by atoms with van der Waals surface area (Å²) in [6.07, 6.45) is 12.1. The first-order chi connectivity index (χ1) is 11.3. The maximum absolute atomic E-state index is 9.20. The second-order valence-electron chi connectivity index (χ2n) is 5.60. The average molecular weight is 302 g/mol. The van der Waals surface area contributed by atoms with E-state index in [2.05, 4.69) is 28.4 Å². The van der Waals surface area contributed by atoms with Crippen LogP contribution in [0.15, 0.2) is 39.8 Å². The first-order valence-electron chi connectivity index (χ1n) is 7.84. The Hall–Kier alpha value is -2.85. The molecule has 4 heteroatoms. The third-order valence-corrected chi connectivity index (χ3v) is 4.03. The second kappa shape index (κ2) is 6.94. The van der Waals surface area contributed by atoms with Gasteiger partial charge in [0.05, 0.1) is 23.9 Å². The number of hydrogen-bond donors (Lipinski definition) is 1. The fraction of sp³-hybridized carbons (Fsp3) is 0.316. The van der Waals surface area contributed by atoms with Gasteiger partial charge in [-0.15, -0.1) is 6.42 Å². The van der Waals surface area contributed by atoms with Crippen molar-refractivity contribution >= 4 is 17.2 Å². The van der Waals surface area contributed by atoms with Gasteiger partial charge in [-0.1, -0.05) is 12.0 Å². The minimum absolute atomic E-state index is 0.335. The molecular formula is C19H18N4. The molecule has 4 nitrogen and oxygen atoms in total. The van der Waals surface area contributed by atoms with Crippen LogP contribution < -0.4 is 5.32 Å². The summed E-state index contributed by atoms with van der Waals surface area (Å²) in [6, 6.07) is 7.84. The second-order valence-corrected chi connectivity index (χ2v) is 5.60. The minimum atomic E-state index is 0.335. The van der Waals surface area contributed by atoms with Crippen LogP contribution in [0.25, 0.3) is 0 Å². The summed E-state index contributed by atoms with van der Waals surface area (Å²) in [5, 5.41) is 12.5. The molecule has 0 saturated heterocycles. The number of hydrogen-bond acceptors (Lipinski definition) is 3. The molecule has 0 amide bonds. The van der Waals surface area contributed by atoms with E-state index < -0.39 is 0 Å². The smallest absolute Gasteiger partial charge is 0.124 e. The van der Waals surface area contributed by atoms with Crippen LogP contribution in [0.1, 0.15) is 36.8 Å². The molecule has 0 unspecified atom stereocenters. The summed E-state index contributed by atoms with van der Waals surface area (Å²) >= 11 is 0. The summed E-state index contributed by atoms with van der Waals surface area (Å²) in [5.74, 6) is 3.29. The van der Waals surface area contributed by atoms with Crippen LogP contribution in [0, 0.1) is 23.7 Å². The quantitative estimate of drug-likeness (QED) is 0.852. The number of aliphatic imine (C=N–C) groups is 2. The Kier molecular flexibility index (Phi) is 4.54. The zero-order valence-corrected chi connectivity index (χ0v) is 13.0. The van der Waals surface area contributed by atoms with E-state index in [4.69, 9.17) is 11.4 Å². The Bertz CT molecular complexity index is 785. The first-order valence-corrected chi connectivity index (χ1v) is 7.84. The van der Waals surface area contributed by atoms with Gasteiger partial charge in [0.15, 0.2) is 0 Å². The van der Waals surface area contributed by atoms with Crippen molar-refractivity contribution in [1.82, 2.24) is 0 Å². The highest BCUT2D eigenvalue weighted by Gasteiger charge is 2.20. The lowest BCUT2D eigenvalue weighted by Crippen LogP contribution is -2.15. The highest BCUT2D eigenvalue weighted by Crippen LogP contribution is 2.28. The molecule has 2 aliphatic rings. The fourth-order valence-electron chi connectivity index (χ4n) is 2.91. The van der Waals surface area contributed by atoms with Crippen molar-refractivity contribution in [3.63, 3.8) is 0 Å². The Morgan fingerprint density at radius 1 is 1.35 bits per heavy atom. The molecule has 114 valence electrons. The van der Waals surface area contributed by atoms with Gasteiger partial charge in [0.1, 0.15) is 12.4 Å². The van der Waals surface area contributed by atoms with E-state index in [1.165, 1.54) is 18.4 Å². The van der Waals surface area contributed by atoms with Gasteiger partial charge in [-0.3, -0.25) is 9.98 Å². The predicted octanol–water partition coefficient (Wildman–Crippen LogP) is 3.30. The van der Waals surface area contributed by atoms with Crippen LogP contribution in [0.3, 0.4) is 0 Å². The van der Waals surface area contributed by atoms with Crippen LogP contribution in [-0.4, -0.2) is 24.6 Å². The van der Waals surface area contributed by atoms with Gasteiger partial charge in [0.2, 0.25) is 0 Å². The van der Waals surface area contributed by atoms with E-state index in [-0.39, 0.29) is 0 Å². The molecule has 3 rings (SSSR count). The fourth-order valence-corrected chi connectivity index (χ4v) is 2.91. The van der Waals surface area contributed by atoms with Crippen molar-refractivity contribution in [2.45, 2.75) is 25.7 Å². The van der Waals surface area contributed by atoms with Gasteiger partial charge in [0.25, 0.3) is 0 Å². The van der Waals surface area contributed by atoms with Crippen LogP contribution in [-0.2, 0) is 0 Å². The number of nitrogens with one attached hydrogen (secondary N) is 1. The lowest BCUT2D eigenvalue weighted by molar-refractivity contribution is 0.717. The molecule has 0 saturated carbocycles. The first kappa shape index (κ1) is 15.1. The van der Waals surface area contributed by atoms with Gasteiger partial charge in [0, 0.05) is 11.3 Å². The number of benzodiazepines with no additional fused rings is 1. The zero-order chi connectivity index (χ0) is 16.1. The van der Waals surface area contributed by atoms with Gasteiger partial charge in [-0.2, -0.15) is 5.26 Å². The number of nitriles is 1. The van der Waals surface area contributed by atoms with E-state index in [0.717, 1.165) is 35.6 Å². The number of nitrogens with zero attached hydrogens (tertiary/aromatic N) is 3. The highest BCUT2D eigenvalue weighted by molar-refractivity contribution is 6.19. The summed E-state index contributed by atoms with van der Waals surface area (Å²) in [4.78, 5) is 9.14. The van der Waals surface area contributed by atoms with Gasteiger partial charge in [-0.05, 0) is 49.5 Å². The number of amidine groups is 1. The Morgan fingerprint density at radius 2 is 2.26 bits per heavy atom. The highest BCUT2D eigenvalue weighted by atomic mass is 15.0. The monoisotopic (exact) mass is 302 g/mol. The average Bonchev–Trinajstić information content (AvgIpc) is 2.79. The van der Waals surface area contributed by atoms with E-state index in [9.17, 15) is 5.26 Å². The molecule has 0 atom stereocenters. The molecule has 0 spiro atoms. The van der Waals surface area contributed by atoms with Crippen molar-refractivity contribution < 1.29 is 0 Å². The van der Waals surface area contributed by atoms with Crippen LogP contribution in [0.4, 0.5) is 5.69 Å². The zero-order valence-electron chi connectivity index (χ0n) is 13.0. The van der Waals surface area contributed by atoms with Crippen molar-refractivity contribution in [3.8, 4) is 18.4 Å². The molecule has 0 radical (unpaired) electrons. The third kappa shape index (κ3) is 3.33. The minimum Gasteiger partial charge on any atom is -0.342 e. The summed E-state index contributed by atoms with van der Waals surface area (Å²) in [7, 11) is 0. The standard InChI is InChI=1S/C19H18N4/c1-2-10-21-18-13-22-19(15-6-4-3-5-7-15)16-11-14(12-20)8-9-17(16)23-18/h1,6,8-9,11H,3-5,7,10,13H2,(H,21,23). The van der Waals surface area contributed by atoms with E-state index in [0.29, 0.717) is 18.7 Å². The lowest BCUT2D eigenvalue weighted by Gasteiger charge is -2.16. The molecule has 1 heterocycles. The summed E-state index contributed by atoms with van der Waals surface area (Å²) in [6.45, 7) is 0.812. The number of allylic oxidation sites excluding steroid dienone is 2. The molecule has 1 N–H and O–H groups in total. The normalized spacial score (nSPS) is 18.6. The molecule has 23 heavy (non-hydrogen) atoms. The van der Waals surface area contributed by atoms with Crippen LogP contribution in [0.2, 0.25) is 0 Å².